The van der Waals surface area contributed by atoms with Gasteiger partial charge in [0.25, 0.3) is 5.91 Å². The molecule has 1 aromatic heterocycles. The van der Waals surface area contributed by atoms with E-state index >= 15 is 0 Å². The average Bonchev–Trinajstić information content (AvgIpc) is 2.77. The van der Waals surface area contributed by atoms with E-state index in [1.807, 2.05) is 36.1 Å². The molecular weight excluding hydrogens is 360 g/mol. The number of carbonyl (C=O) groups excluding carboxylic acids is 1. The summed E-state index contributed by atoms with van der Waals surface area (Å²) < 4.78 is 0. The van der Waals surface area contributed by atoms with Gasteiger partial charge in [-0.1, -0.05) is 36.4 Å². The molecule has 1 amide bonds. The van der Waals surface area contributed by atoms with Crippen molar-refractivity contribution in [1.82, 2.24) is 9.97 Å². The van der Waals surface area contributed by atoms with Crippen LogP contribution in [0, 0.1) is 6.92 Å². The number of amides is 1. The molecule has 2 aliphatic rings. The molecule has 0 aliphatic carbocycles. The summed E-state index contributed by atoms with van der Waals surface area (Å²) in [7, 11) is 0. The number of aryl methyl sites for hydroxylation is 3. The number of anilines is 3. The van der Waals surface area contributed by atoms with Crippen LogP contribution in [0.2, 0.25) is 0 Å². The normalized spacial score (nSPS) is 15.6. The fourth-order valence-electron chi connectivity index (χ4n) is 4.45. The number of hydrogen-bond donors (Lipinski definition) is 0. The van der Waals surface area contributed by atoms with Crippen LogP contribution in [-0.4, -0.2) is 29.0 Å². The van der Waals surface area contributed by atoms with Gasteiger partial charge in [-0.05, 0) is 55.9 Å². The van der Waals surface area contributed by atoms with Crippen molar-refractivity contribution in [3.05, 3.63) is 77.2 Å². The first-order chi connectivity index (χ1) is 14.2. The van der Waals surface area contributed by atoms with E-state index in [9.17, 15) is 4.79 Å². The van der Waals surface area contributed by atoms with Crippen LogP contribution < -0.4 is 9.80 Å². The van der Waals surface area contributed by atoms with Crippen LogP contribution in [-0.2, 0) is 12.8 Å². The van der Waals surface area contributed by atoms with Crippen molar-refractivity contribution in [2.75, 3.05) is 22.9 Å². The Kier molecular flexibility index (Phi) is 4.51. The van der Waals surface area contributed by atoms with Crippen molar-refractivity contribution < 1.29 is 4.79 Å². The summed E-state index contributed by atoms with van der Waals surface area (Å²) in [5, 5.41) is 0. The summed E-state index contributed by atoms with van der Waals surface area (Å²) >= 11 is 0. The minimum Gasteiger partial charge on any atom is -0.326 e. The van der Waals surface area contributed by atoms with E-state index in [2.05, 4.69) is 45.2 Å². The third kappa shape index (κ3) is 3.27. The predicted molar refractivity (Wildman–Crippen MR) is 115 cm³/mol. The smallest absolute Gasteiger partial charge is 0.277 e. The Bertz CT molecular complexity index is 1080. The maximum atomic E-state index is 13.4. The van der Waals surface area contributed by atoms with Gasteiger partial charge in [0.2, 0.25) is 0 Å². The quantitative estimate of drug-likeness (QED) is 0.654. The topological polar surface area (TPSA) is 49.3 Å². The zero-order chi connectivity index (χ0) is 19.8. The molecule has 5 heteroatoms. The van der Waals surface area contributed by atoms with Crippen LogP contribution in [0.5, 0.6) is 0 Å². The van der Waals surface area contributed by atoms with Crippen LogP contribution in [0.3, 0.4) is 0 Å². The highest BCUT2D eigenvalue weighted by Crippen LogP contribution is 2.33. The van der Waals surface area contributed by atoms with Gasteiger partial charge in [0.1, 0.15) is 17.3 Å². The van der Waals surface area contributed by atoms with Crippen molar-refractivity contribution in [3.8, 4) is 0 Å². The van der Waals surface area contributed by atoms with E-state index in [0.29, 0.717) is 11.5 Å². The minimum atomic E-state index is -0.0470. The molecule has 5 rings (SSSR count). The number of carbonyl (C=O) groups is 1. The lowest BCUT2D eigenvalue weighted by Gasteiger charge is -2.31. The second-order valence-electron chi connectivity index (χ2n) is 7.73. The van der Waals surface area contributed by atoms with Gasteiger partial charge in [0.15, 0.2) is 0 Å². The maximum absolute atomic E-state index is 13.4. The van der Waals surface area contributed by atoms with Crippen molar-refractivity contribution in [2.24, 2.45) is 0 Å². The second-order valence-corrected chi connectivity index (χ2v) is 7.73. The standard InChI is InChI=1S/C24H24N4O/c1-17-25-20(24(29)28-15-7-11-19-9-3-5-13-22(19)28)16-23(26-17)27-14-6-10-18-8-2-4-12-21(18)27/h2-5,8-9,12-13,16H,6-7,10-11,14-15H2,1H3. The van der Waals surface area contributed by atoms with E-state index in [-0.39, 0.29) is 5.91 Å². The Labute approximate surface area is 171 Å². The molecule has 5 nitrogen and oxygen atoms in total. The second kappa shape index (κ2) is 7.32. The van der Waals surface area contributed by atoms with Gasteiger partial charge >= 0.3 is 0 Å². The molecule has 29 heavy (non-hydrogen) atoms. The molecule has 0 unspecified atom stereocenters. The first-order valence-corrected chi connectivity index (χ1v) is 10.3. The molecule has 3 aromatic rings. The van der Waals surface area contributed by atoms with Gasteiger partial charge in [-0.25, -0.2) is 9.97 Å². The lowest BCUT2D eigenvalue weighted by atomic mass is 10.0. The lowest BCUT2D eigenvalue weighted by Crippen LogP contribution is -2.36. The molecule has 0 atom stereocenters. The first-order valence-electron chi connectivity index (χ1n) is 10.3. The Balaban J connectivity index is 1.52. The van der Waals surface area contributed by atoms with E-state index in [1.165, 1.54) is 16.8 Å². The molecule has 146 valence electrons. The van der Waals surface area contributed by atoms with Gasteiger partial charge in [0, 0.05) is 30.5 Å². The highest BCUT2D eigenvalue weighted by atomic mass is 16.2. The van der Waals surface area contributed by atoms with Crippen LogP contribution in [0.1, 0.15) is 40.3 Å². The van der Waals surface area contributed by atoms with Crippen molar-refractivity contribution in [2.45, 2.75) is 32.6 Å². The van der Waals surface area contributed by atoms with Crippen LogP contribution in [0.25, 0.3) is 0 Å². The number of fused-ring (bicyclic) bond motifs is 2. The number of rotatable bonds is 2. The molecule has 2 aromatic carbocycles. The third-order valence-corrected chi connectivity index (χ3v) is 5.79. The number of nitrogens with zero attached hydrogens (tertiary/aromatic N) is 4. The summed E-state index contributed by atoms with van der Waals surface area (Å²) in [6, 6.07) is 18.5. The molecule has 0 saturated heterocycles. The summed E-state index contributed by atoms with van der Waals surface area (Å²) in [6.45, 7) is 3.48. The van der Waals surface area contributed by atoms with E-state index in [4.69, 9.17) is 0 Å². The zero-order valence-corrected chi connectivity index (χ0v) is 16.6. The molecule has 0 spiro atoms. The van der Waals surface area contributed by atoms with Crippen molar-refractivity contribution in [1.29, 1.82) is 0 Å². The van der Waals surface area contributed by atoms with Crippen molar-refractivity contribution >= 4 is 23.1 Å². The number of aromatic nitrogens is 2. The summed E-state index contributed by atoms with van der Waals surface area (Å²) in [4.78, 5) is 26.7. The highest BCUT2D eigenvalue weighted by molar-refractivity contribution is 6.06. The van der Waals surface area contributed by atoms with Gasteiger partial charge in [-0.15, -0.1) is 0 Å². The van der Waals surface area contributed by atoms with Crippen LogP contribution in [0.15, 0.2) is 54.6 Å². The largest absolute Gasteiger partial charge is 0.326 e. The predicted octanol–water partition coefficient (Wildman–Crippen LogP) is 4.46. The van der Waals surface area contributed by atoms with Gasteiger partial charge in [0.05, 0.1) is 0 Å². The molecule has 0 bridgehead atoms. The third-order valence-electron chi connectivity index (χ3n) is 5.79. The molecule has 0 N–H and O–H groups in total. The maximum Gasteiger partial charge on any atom is 0.277 e. The van der Waals surface area contributed by atoms with E-state index in [0.717, 1.165) is 50.3 Å². The SMILES string of the molecule is Cc1nc(C(=O)N2CCCc3ccccc32)cc(N2CCCc3ccccc32)n1. The van der Waals surface area contributed by atoms with Crippen LogP contribution in [0.4, 0.5) is 17.2 Å². The number of hydrogen-bond acceptors (Lipinski definition) is 4. The molecule has 3 heterocycles. The van der Waals surface area contributed by atoms with Gasteiger partial charge < -0.3 is 9.80 Å². The monoisotopic (exact) mass is 384 g/mol. The number of para-hydroxylation sites is 2. The fraction of sp³-hybridized carbons (Fsp3) is 0.292. The summed E-state index contributed by atoms with van der Waals surface area (Å²) in [6.07, 6.45) is 4.13. The van der Waals surface area contributed by atoms with Gasteiger partial charge in [-0.2, -0.15) is 0 Å². The first kappa shape index (κ1) is 17.9. The number of benzene rings is 2. The molecular formula is C24H24N4O. The molecule has 0 fully saturated rings. The average molecular weight is 384 g/mol. The highest BCUT2D eigenvalue weighted by Gasteiger charge is 2.26. The summed E-state index contributed by atoms with van der Waals surface area (Å²) in [5.74, 6) is 1.38. The summed E-state index contributed by atoms with van der Waals surface area (Å²) in [5.41, 5.74) is 5.20. The Morgan fingerprint density at radius 2 is 1.52 bits per heavy atom. The zero-order valence-electron chi connectivity index (χ0n) is 16.6. The van der Waals surface area contributed by atoms with Gasteiger partial charge in [-0.3, -0.25) is 4.79 Å². The Hall–Kier alpha value is -3.21. The Morgan fingerprint density at radius 3 is 2.31 bits per heavy atom. The van der Waals surface area contributed by atoms with Crippen LogP contribution >= 0.6 is 0 Å². The molecule has 0 saturated carbocycles. The van der Waals surface area contributed by atoms with E-state index < -0.39 is 0 Å². The van der Waals surface area contributed by atoms with E-state index in [1.54, 1.807) is 0 Å². The molecule has 2 aliphatic heterocycles. The van der Waals surface area contributed by atoms with Crippen molar-refractivity contribution in [3.63, 3.8) is 0 Å². The fourth-order valence-corrected chi connectivity index (χ4v) is 4.45. The lowest BCUT2D eigenvalue weighted by molar-refractivity contribution is 0.0980. The minimum absolute atomic E-state index is 0.0470. The Morgan fingerprint density at radius 1 is 0.862 bits per heavy atom. The molecule has 0 radical (unpaired) electrons.